The normalized spacial score (nSPS) is 12.7. The zero-order valence-corrected chi connectivity index (χ0v) is 11.1. The fourth-order valence-corrected chi connectivity index (χ4v) is 1.52. The maximum atomic E-state index is 11.8. The van der Waals surface area contributed by atoms with Crippen LogP contribution in [0.5, 0.6) is 0 Å². The first-order chi connectivity index (χ1) is 8.04. The summed E-state index contributed by atoms with van der Waals surface area (Å²) in [6.45, 7) is 4.37. The van der Waals surface area contributed by atoms with Gasteiger partial charge in [-0.05, 0) is 17.9 Å². The van der Waals surface area contributed by atoms with Crippen LogP contribution in [0.1, 0.15) is 42.1 Å². The second-order valence-electron chi connectivity index (χ2n) is 4.57. The van der Waals surface area contributed by atoms with Gasteiger partial charge in [0, 0.05) is 31.9 Å². The Labute approximate surface area is 104 Å². The number of carbonyl (C=O) groups excluding carboxylic acids is 1. The van der Waals surface area contributed by atoms with Crippen molar-refractivity contribution in [1.29, 1.82) is 0 Å². The Kier molecular flexibility index (Phi) is 4.95. The lowest BCUT2D eigenvalue weighted by Crippen LogP contribution is -2.03. The minimum Gasteiger partial charge on any atom is -0.383 e. The Balaban J connectivity index is 2.77. The molecule has 92 valence electrons. The summed E-state index contributed by atoms with van der Waals surface area (Å²) in [5.41, 5.74) is 2.04. The summed E-state index contributed by atoms with van der Waals surface area (Å²) < 4.78 is 0. The summed E-state index contributed by atoms with van der Waals surface area (Å²) in [6.07, 6.45) is 4.48. The molecule has 1 atom stereocenters. The van der Waals surface area contributed by atoms with Crippen molar-refractivity contribution in [2.24, 2.45) is 0 Å². The Morgan fingerprint density at radius 2 is 1.88 bits per heavy atom. The Morgan fingerprint density at radius 1 is 1.29 bits per heavy atom. The number of benzene rings is 1. The highest BCUT2D eigenvalue weighted by Gasteiger charge is 2.05. The number of nitrogens with zero attached hydrogens (tertiary/aromatic N) is 1. The Morgan fingerprint density at radius 3 is 2.35 bits per heavy atom. The van der Waals surface area contributed by atoms with Gasteiger partial charge in [0.2, 0.25) is 0 Å². The molecule has 0 aromatic heterocycles. The third kappa shape index (κ3) is 4.06. The van der Waals surface area contributed by atoms with E-state index in [-0.39, 0.29) is 5.78 Å². The molecular formula is C15H21NO. The van der Waals surface area contributed by atoms with Crippen LogP contribution in [0, 0.1) is 0 Å². The highest BCUT2D eigenvalue weighted by molar-refractivity contribution is 6.04. The van der Waals surface area contributed by atoms with Crippen molar-refractivity contribution in [3.8, 4) is 0 Å². The SMILES string of the molecule is CCC(C)c1ccc(C(=O)C=CN(C)C)cc1. The molecule has 0 aliphatic rings. The molecule has 1 rings (SSSR count). The average molecular weight is 231 g/mol. The molecule has 0 radical (unpaired) electrons. The number of carbonyl (C=O) groups is 1. The van der Waals surface area contributed by atoms with E-state index in [0.29, 0.717) is 5.92 Å². The molecule has 0 heterocycles. The van der Waals surface area contributed by atoms with E-state index in [4.69, 9.17) is 0 Å². The van der Waals surface area contributed by atoms with Crippen LogP contribution >= 0.6 is 0 Å². The fraction of sp³-hybridized carbons (Fsp3) is 0.400. The molecule has 0 spiro atoms. The largest absolute Gasteiger partial charge is 0.383 e. The van der Waals surface area contributed by atoms with E-state index in [1.807, 2.05) is 43.3 Å². The maximum absolute atomic E-state index is 11.8. The number of ketones is 1. The molecule has 17 heavy (non-hydrogen) atoms. The van der Waals surface area contributed by atoms with Gasteiger partial charge in [-0.25, -0.2) is 0 Å². The second kappa shape index (κ2) is 6.24. The molecule has 0 bridgehead atoms. The highest BCUT2D eigenvalue weighted by atomic mass is 16.1. The van der Waals surface area contributed by atoms with Crippen LogP contribution < -0.4 is 0 Å². The zero-order valence-electron chi connectivity index (χ0n) is 11.1. The van der Waals surface area contributed by atoms with Gasteiger partial charge in [0.05, 0.1) is 0 Å². The van der Waals surface area contributed by atoms with E-state index in [9.17, 15) is 4.79 Å². The minimum absolute atomic E-state index is 0.0504. The summed E-state index contributed by atoms with van der Waals surface area (Å²) in [7, 11) is 3.80. The molecule has 0 amide bonds. The lowest BCUT2D eigenvalue weighted by Gasteiger charge is -2.09. The third-order valence-electron chi connectivity index (χ3n) is 2.90. The summed E-state index contributed by atoms with van der Waals surface area (Å²) in [5.74, 6) is 0.603. The van der Waals surface area contributed by atoms with Crippen LogP contribution in [0.2, 0.25) is 0 Å². The van der Waals surface area contributed by atoms with Crippen molar-refractivity contribution in [3.63, 3.8) is 0 Å². The smallest absolute Gasteiger partial charge is 0.187 e. The standard InChI is InChI=1S/C15H21NO/c1-5-12(2)13-6-8-14(9-7-13)15(17)10-11-16(3)4/h6-12H,5H2,1-4H3. The monoisotopic (exact) mass is 231 g/mol. The molecule has 2 nitrogen and oxygen atoms in total. The molecule has 2 heteroatoms. The van der Waals surface area contributed by atoms with E-state index in [2.05, 4.69) is 13.8 Å². The number of rotatable bonds is 5. The van der Waals surface area contributed by atoms with E-state index in [0.717, 1.165) is 12.0 Å². The van der Waals surface area contributed by atoms with Crippen LogP contribution in [-0.4, -0.2) is 24.8 Å². The van der Waals surface area contributed by atoms with Gasteiger partial charge >= 0.3 is 0 Å². The van der Waals surface area contributed by atoms with Crippen molar-refractivity contribution in [2.75, 3.05) is 14.1 Å². The van der Waals surface area contributed by atoms with Crippen LogP contribution in [0.25, 0.3) is 0 Å². The lowest BCUT2D eigenvalue weighted by molar-refractivity contribution is 0.104. The number of allylic oxidation sites excluding steroid dienone is 1. The summed E-state index contributed by atoms with van der Waals surface area (Å²) in [4.78, 5) is 13.6. The van der Waals surface area contributed by atoms with Crippen LogP contribution in [0.3, 0.4) is 0 Å². The van der Waals surface area contributed by atoms with Crippen molar-refractivity contribution in [1.82, 2.24) is 4.90 Å². The fourth-order valence-electron chi connectivity index (χ4n) is 1.52. The molecule has 1 aromatic rings. The maximum Gasteiger partial charge on any atom is 0.187 e. The average Bonchev–Trinajstić information content (AvgIpc) is 2.35. The predicted octanol–water partition coefficient (Wildman–Crippen LogP) is 3.46. The van der Waals surface area contributed by atoms with E-state index < -0.39 is 0 Å². The molecule has 0 saturated carbocycles. The number of hydrogen-bond acceptors (Lipinski definition) is 2. The first kappa shape index (κ1) is 13.5. The van der Waals surface area contributed by atoms with Gasteiger partial charge in [-0.3, -0.25) is 4.79 Å². The Hall–Kier alpha value is -1.57. The first-order valence-electron chi connectivity index (χ1n) is 6.03. The van der Waals surface area contributed by atoms with E-state index >= 15 is 0 Å². The zero-order chi connectivity index (χ0) is 12.8. The predicted molar refractivity (Wildman–Crippen MR) is 72.3 cm³/mol. The van der Waals surface area contributed by atoms with Gasteiger partial charge in [-0.2, -0.15) is 0 Å². The second-order valence-corrected chi connectivity index (χ2v) is 4.57. The van der Waals surface area contributed by atoms with Crippen molar-refractivity contribution in [2.45, 2.75) is 26.2 Å². The molecular weight excluding hydrogens is 210 g/mol. The topological polar surface area (TPSA) is 20.3 Å². The van der Waals surface area contributed by atoms with Gasteiger partial charge in [0.25, 0.3) is 0 Å². The van der Waals surface area contributed by atoms with Gasteiger partial charge < -0.3 is 4.90 Å². The van der Waals surface area contributed by atoms with Gasteiger partial charge in [0.1, 0.15) is 0 Å². The molecule has 1 unspecified atom stereocenters. The third-order valence-corrected chi connectivity index (χ3v) is 2.90. The van der Waals surface area contributed by atoms with E-state index in [1.54, 1.807) is 12.3 Å². The molecule has 0 aliphatic carbocycles. The van der Waals surface area contributed by atoms with Crippen molar-refractivity contribution < 1.29 is 4.79 Å². The van der Waals surface area contributed by atoms with Gasteiger partial charge in [-0.15, -0.1) is 0 Å². The quantitative estimate of drug-likeness (QED) is 0.571. The summed E-state index contributed by atoms with van der Waals surface area (Å²) in [5, 5.41) is 0. The molecule has 0 N–H and O–H groups in total. The minimum atomic E-state index is 0.0504. The molecule has 1 aromatic carbocycles. The highest BCUT2D eigenvalue weighted by Crippen LogP contribution is 2.18. The van der Waals surface area contributed by atoms with Gasteiger partial charge in [0.15, 0.2) is 5.78 Å². The number of hydrogen-bond donors (Lipinski definition) is 0. The molecule has 0 fully saturated rings. The van der Waals surface area contributed by atoms with Crippen molar-refractivity contribution >= 4 is 5.78 Å². The van der Waals surface area contributed by atoms with Crippen LogP contribution in [0.15, 0.2) is 36.5 Å². The molecule has 0 saturated heterocycles. The summed E-state index contributed by atoms with van der Waals surface area (Å²) >= 11 is 0. The molecule has 0 aliphatic heterocycles. The van der Waals surface area contributed by atoms with Crippen LogP contribution in [0.4, 0.5) is 0 Å². The van der Waals surface area contributed by atoms with Crippen LogP contribution in [-0.2, 0) is 0 Å². The lowest BCUT2D eigenvalue weighted by atomic mass is 9.97. The first-order valence-corrected chi connectivity index (χ1v) is 6.03. The Bertz CT molecular complexity index is 390. The van der Waals surface area contributed by atoms with E-state index in [1.165, 1.54) is 5.56 Å². The summed E-state index contributed by atoms with van der Waals surface area (Å²) in [6, 6.07) is 7.91. The van der Waals surface area contributed by atoms with Crippen molar-refractivity contribution in [3.05, 3.63) is 47.7 Å². The van der Waals surface area contributed by atoms with Gasteiger partial charge in [-0.1, -0.05) is 38.1 Å².